The van der Waals surface area contributed by atoms with Gasteiger partial charge in [-0.2, -0.15) is 9.28 Å². The number of rotatable bonds is 4. The van der Waals surface area contributed by atoms with Crippen LogP contribution in [0.1, 0.15) is 27.7 Å². The minimum atomic E-state index is -1.09. The summed E-state index contributed by atoms with van der Waals surface area (Å²) in [7, 11) is 1.46. The van der Waals surface area contributed by atoms with Gasteiger partial charge in [-0.05, 0) is 39.8 Å². The lowest BCUT2D eigenvalue weighted by Crippen LogP contribution is -2.69. The molecule has 10 nitrogen and oxygen atoms in total. The lowest BCUT2D eigenvalue weighted by molar-refractivity contribution is 0.00791. The van der Waals surface area contributed by atoms with Gasteiger partial charge in [-0.15, -0.1) is 0 Å². The summed E-state index contributed by atoms with van der Waals surface area (Å²) < 4.78 is 25.0. The number of methoxy groups -OCH3 is 1. The van der Waals surface area contributed by atoms with E-state index in [1.165, 1.54) is 24.4 Å². The van der Waals surface area contributed by atoms with E-state index in [-0.39, 0.29) is 25.3 Å². The first-order valence-corrected chi connectivity index (χ1v) is 11.9. The van der Waals surface area contributed by atoms with E-state index in [1.54, 1.807) is 58.0 Å². The van der Waals surface area contributed by atoms with Gasteiger partial charge in [0.1, 0.15) is 36.2 Å². The molecule has 0 bridgehead atoms. The van der Waals surface area contributed by atoms with E-state index in [0.717, 1.165) is 0 Å². The minimum Gasteiger partial charge on any atom is -0.491 e. The summed E-state index contributed by atoms with van der Waals surface area (Å²) in [5, 5.41) is 14.0. The van der Waals surface area contributed by atoms with Crippen LogP contribution in [0.2, 0.25) is 0 Å². The molecule has 1 saturated heterocycles. The molecule has 196 valence electrons. The first-order chi connectivity index (χ1) is 17.5. The number of fused-ring (bicyclic) bond motifs is 1. The van der Waals surface area contributed by atoms with Gasteiger partial charge in [-0.25, -0.2) is 19.2 Å². The molecule has 2 unspecified atom stereocenters. The quantitative estimate of drug-likeness (QED) is 0.462. The highest BCUT2D eigenvalue weighted by Crippen LogP contribution is 2.42. The number of amides is 2. The first-order valence-electron chi connectivity index (χ1n) is 11.9. The molecule has 3 aromatic rings. The largest absolute Gasteiger partial charge is 0.519 e. The molecule has 0 spiro atoms. The van der Waals surface area contributed by atoms with Gasteiger partial charge >= 0.3 is 12.2 Å². The number of hydrogen-bond donors (Lipinski definition) is 2. The van der Waals surface area contributed by atoms with Crippen LogP contribution in [0.3, 0.4) is 0 Å². The van der Waals surface area contributed by atoms with Crippen LogP contribution in [0.25, 0.3) is 10.9 Å². The Labute approximate surface area is 214 Å². The second-order valence-corrected chi connectivity index (χ2v) is 10.0. The molecule has 2 atom stereocenters. The number of aromatic nitrogens is 2. The number of carbonyl (C=O) groups is 2. The molecule has 1 fully saturated rings. The highest BCUT2D eigenvalue weighted by Gasteiger charge is 2.51. The maximum atomic E-state index is 14.3. The number of quaternary nitrogens is 1. The lowest BCUT2D eigenvalue weighted by Gasteiger charge is -2.44. The maximum absolute atomic E-state index is 14.3. The van der Waals surface area contributed by atoms with Crippen molar-refractivity contribution in [2.45, 2.75) is 39.3 Å². The Bertz CT molecular complexity index is 1340. The molecular weight excluding hydrogens is 481 g/mol. The van der Waals surface area contributed by atoms with E-state index >= 15 is 0 Å². The van der Waals surface area contributed by atoms with Crippen LogP contribution in [-0.4, -0.2) is 70.5 Å². The van der Waals surface area contributed by atoms with Crippen LogP contribution in [0, 0.1) is 5.82 Å². The van der Waals surface area contributed by atoms with E-state index in [1.807, 2.05) is 0 Å². The number of nitrogens with zero attached hydrogens (tertiary/aromatic N) is 4. The minimum absolute atomic E-state index is 0.0847. The number of ether oxygens (including phenoxy) is 2. The standard InChI is InChI=1S/C26H30FN5O5/c1-16-14-31(24(33)37-26(2,3)4)10-11-32(16,25(34)35)21-12-17-20(13-22(21)36-5)28-15-29-23(17)30-19-9-7-6-8-18(19)27/h6-9,12-13,15-16H,10-11,14H2,1-5H3,(H-,28,29,30,34,35)/p+1. The Balaban J connectivity index is 1.79. The lowest BCUT2D eigenvalue weighted by atomic mass is 10.0. The predicted molar refractivity (Wildman–Crippen MR) is 138 cm³/mol. The van der Waals surface area contributed by atoms with Crippen molar-refractivity contribution in [3.05, 3.63) is 48.5 Å². The maximum Gasteiger partial charge on any atom is 0.519 e. The van der Waals surface area contributed by atoms with Crippen molar-refractivity contribution < 1.29 is 28.6 Å². The van der Waals surface area contributed by atoms with E-state index in [2.05, 4.69) is 15.3 Å². The van der Waals surface area contributed by atoms with Gasteiger partial charge in [-0.3, -0.25) is 4.90 Å². The van der Waals surface area contributed by atoms with Crippen LogP contribution < -0.4 is 14.5 Å². The van der Waals surface area contributed by atoms with Crippen molar-refractivity contribution in [1.29, 1.82) is 0 Å². The van der Waals surface area contributed by atoms with Crippen LogP contribution in [0.4, 0.5) is 31.2 Å². The molecule has 2 N–H and O–H groups in total. The molecule has 4 rings (SSSR count). The van der Waals surface area contributed by atoms with Crippen molar-refractivity contribution in [1.82, 2.24) is 19.4 Å². The molecule has 0 saturated carbocycles. The van der Waals surface area contributed by atoms with Gasteiger partial charge in [0, 0.05) is 17.5 Å². The summed E-state index contributed by atoms with van der Waals surface area (Å²) >= 11 is 0. The molecule has 0 radical (unpaired) electrons. The average molecular weight is 513 g/mol. The number of anilines is 2. The smallest absolute Gasteiger partial charge is 0.491 e. The van der Waals surface area contributed by atoms with Gasteiger partial charge in [0.15, 0.2) is 11.4 Å². The summed E-state index contributed by atoms with van der Waals surface area (Å²) in [6.45, 7) is 7.53. The Morgan fingerprint density at radius 1 is 1.22 bits per heavy atom. The Morgan fingerprint density at radius 2 is 1.95 bits per heavy atom. The van der Waals surface area contributed by atoms with Crippen molar-refractivity contribution in [2.75, 3.05) is 32.1 Å². The zero-order chi connectivity index (χ0) is 27.0. The van der Waals surface area contributed by atoms with Gasteiger partial charge < -0.3 is 19.9 Å². The molecule has 2 amide bonds. The zero-order valence-electron chi connectivity index (χ0n) is 21.5. The topological polar surface area (TPSA) is 114 Å². The van der Waals surface area contributed by atoms with E-state index < -0.39 is 34.1 Å². The van der Waals surface area contributed by atoms with Crippen molar-refractivity contribution in [3.8, 4) is 5.75 Å². The van der Waals surface area contributed by atoms with Crippen LogP contribution >= 0.6 is 0 Å². The molecule has 2 heterocycles. The fraction of sp³-hybridized carbons (Fsp3) is 0.385. The van der Waals surface area contributed by atoms with Gasteiger partial charge in [0.2, 0.25) is 0 Å². The zero-order valence-corrected chi connectivity index (χ0v) is 21.5. The van der Waals surface area contributed by atoms with Crippen molar-refractivity contribution in [3.63, 3.8) is 0 Å². The third-order valence-electron chi connectivity index (χ3n) is 6.45. The summed E-state index contributed by atoms with van der Waals surface area (Å²) in [4.78, 5) is 35.7. The van der Waals surface area contributed by atoms with E-state index in [0.29, 0.717) is 28.2 Å². The second kappa shape index (κ2) is 9.81. The van der Waals surface area contributed by atoms with Gasteiger partial charge in [-0.1, -0.05) is 12.1 Å². The highest BCUT2D eigenvalue weighted by atomic mass is 19.1. The normalized spacial score (nSPS) is 19.9. The molecular formula is C26H31FN5O5+. The molecule has 1 aliphatic heterocycles. The van der Waals surface area contributed by atoms with Crippen LogP contribution in [0.15, 0.2) is 42.7 Å². The number of benzene rings is 2. The Kier molecular flexibility index (Phi) is 6.92. The Morgan fingerprint density at radius 3 is 2.57 bits per heavy atom. The molecule has 2 aromatic carbocycles. The number of nitrogens with one attached hydrogen (secondary N) is 1. The number of carbonyl (C=O) groups excluding carboxylic acids is 1. The van der Waals surface area contributed by atoms with E-state index in [9.17, 15) is 19.1 Å². The summed E-state index contributed by atoms with van der Waals surface area (Å²) in [5.41, 5.74) is 0.435. The Hall–Kier alpha value is -3.99. The third-order valence-corrected chi connectivity index (χ3v) is 6.45. The fourth-order valence-corrected chi connectivity index (χ4v) is 4.62. The molecule has 1 aromatic heterocycles. The molecule has 37 heavy (non-hydrogen) atoms. The number of halogens is 1. The summed E-state index contributed by atoms with van der Waals surface area (Å²) in [6, 6.07) is 8.96. The van der Waals surface area contributed by atoms with Gasteiger partial charge in [0.25, 0.3) is 0 Å². The molecule has 0 aliphatic carbocycles. The van der Waals surface area contributed by atoms with Crippen molar-refractivity contribution >= 4 is 40.3 Å². The highest BCUT2D eigenvalue weighted by molar-refractivity contribution is 5.97. The average Bonchev–Trinajstić information content (AvgIpc) is 2.83. The summed E-state index contributed by atoms with van der Waals surface area (Å²) in [5.74, 6) is 0.203. The van der Waals surface area contributed by atoms with Crippen LogP contribution in [0.5, 0.6) is 5.75 Å². The van der Waals surface area contributed by atoms with Crippen LogP contribution in [-0.2, 0) is 4.74 Å². The van der Waals surface area contributed by atoms with Gasteiger partial charge in [0.05, 0.1) is 31.4 Å². The van der Waals surface area contributed by atoms with E-state index in [4.69, 9.17) is 9.47 Å². The summed E-state index contributed by atoms with van der Waals surface area (Å²) in [6.07, 6.45) is -0.235. The predicted octanol–water partition coefficient (Wildman–Crippen LogP) is 5.15. The SMILES string of the molecule is COc1cc2ncnc(Nc3ccccc3F)c2cc1[N+]1(C(=O)O)CCN(C(=O)OC(C)(C)C)CC1C. The number of piperazine rings is 1. The molecule has 1 aliphatic rings. The third kappa shape index (κ3) is 4.99. The number of hydrogen-bond acceptors (Lipinski definition) is 7. The van der Waals surface area contributed by atoms with Crippen molar-refractivity contribution in [2.24, 2.45) is 0 Å². The number of carboxylic acid groups (broad SMARTS) is 1. The second-order valence-electron chi connectivity index (χ2n) is 10.0. The molecule has 11 heteroatoms. The fourth-order valence-electron chi connectivity index (χ4n) is 4.62. The number of para-hydroxylation sites is 1. The first kappa shape index (κ1) is 26.1. The monoisotopic (exact) mass is 512 g/mol.